The van der Waals surface area contributed by atoms with Gasteiger partial charge in [-0.05, 0) is 30.7 Å². The summed E-state index contributed by atoms with van der Waals surface area (Å²) in [6.07, 6.45) is 0.451. The van der Waals surface area contributed by atoms with Gasteiger partial charge in [-0.1, -0.05) is 11.8 Å². The van der Waals surface area contributed by atoms with Gasteiger partial charge in [-0.3, -0.25) is 0 Å². The first-order valence-electron chi connectivity index (χ1n) is 5.36. The number of benzene rings is 1. The van der Waals surface area contributed by atoms with E-state index in [0.717, 1.165) is 11.1 Å². The quantitative estimate of drug-likeness (QED) is 0.676. The van der Waals surface area contributed by atoms with Gasteiger partial charge in [0.15, 0.2) is 0 Å². The Morgan fingerprint density at radius 1 is 1.41 bits per heavy atom. The van der Waals surface area contributed by atoms with E-state index in [4.69, 9.17) is 5.11 Å². The zero-order chi connectivity index (χ0) is 12.7. The summed E-state index contributed by atoms with van der Waals surface area (Å²) in [6.45, 7) is 1.99. The van der Waals surface area contributed by atoms with Crippen molar-refractivity contribution in [3.05, 3.63) is 29.3 Å². The highest BCUT2D eigenvalue weighted by atomic mass is 16.2. The van der Waals surface area contributed by atoms with Crippen LogP contribution in [-0.2, 0) is 0 Å². The van der Waals surface area contributed by atoms with Gasteiger partial charge in [0, 0.05) is 24.7 Å². The third-order valence-corrected chi connectivity index (χ3v) is 2.03. The largest absolute Gasteiger partial charge is 0.395 e. The molecule has 4 heteroatoms. The average molecular weight is 232 g/mol. The summed E-state index contributed by atoms with van der Waals surface area (Å²) >= 11 is 0. The second-order valence-electron chi connectivity index (χ2n) is 3.57. The van der Waals surface area contributed by atoms with Crippen LogP contribution in [0.1, 0.15) is 17.5 Å². The van der Waals surface area contributed by atoms with Crippen LogP contribution in [0.25, 0.3) is 0 Å². The van der Waals surface area contributed by atoms with E-state index in [1.807, 2.05) is 19.1 Å². The molecule has 0 bridgehead atoms. The highest BCUT2D eigenvalue weighted by Crippen LogP contribution is 2.13. The van der Waals surface area contributed by atoms with Crippen molar-refractivity contribution in [3.63, 3.8) is 0 Å². The van der Waals surface area contributed by atoms with Gasteiger partial charge in [0.25, 0.3) is 0 Å². The summed E-state index contributed by atoms with van der Waals surface area (Å²) in [5.41, 5.74) is 2.55. The van der Waals surface area contributed by atoms with Gasteiger partial charge in [-0.15, -0.1) is 0 Å². The standard InChI is InChI=1S/C13H16N2O2/c1-10-7-11(5-3-4-6-16)9-12(8-10)15-13(17)14-2/h7-9,16H,4,6H2,1-2H3,(H2,14,15,17). The molecular weight excluding hydrogens is 216 g/mol. The lowest BCUT2D eigenvalue weighted by Gasteiger charge is -2.06. The number of hydrogen-bond acceptors (Lipinski definition) is 2. The van der Waals surface area contributed by atoms with Crippen LogP contribution in [0, 0.1) is 18.8 Å². The van der Waals surface area contributed by atoms with E-state index in [1.165, 1.54) is 0 Å². The number of carbonyl (C=O) groups excluding carboxylic acids is 1. The fraction of sp³-hybridized carbons (Fsp3) is 0.308. The predicted octanol–water partition coefficient (Wildman–Crippen LogP) is 1.48. The van der Waals surface area contributed by atoms with Crippen molar-refractivity contribution in [1.82, 2.24) is 5.32 Å². The topological polar surface area (TPSA) is 61.4 Å². The molecule has 0 fully saturated rings. The average Bonchev–Trinajstić information content (AvgIpc) is 2.28. The molecule has 90 valence electrons. The minimum atomic E-state index is -0.259. The molecule has 0 aromatic heterocycles. The Morgan fingerprint density at radius 2 is 2.18 bits per heavy atom. The molecule has 0 aliphatic rings. The molecule has 0 aliphatic heterocycles. The molecule has 0 saturated heterocycles. The Hall–Kier alpha value is -1.99. The number of amides is 2. The lowest BCUT2D eigenvalue weighted by molar-refractivity contribution is 0.254. The van der Waals surface area contributed by atoms with Crippen LogP contribution in [0.5, 0.6) is 0 Å². The number of aryl methyl sites for hydroxylation is 1. The summed E-state index contributed by atoms with van der Waals surface area (Å²) in [6, 6.07) is 5.34. The molecule has 2 amide bonds. The Morgan fingerprint density at radius 3 is 2.82 bits per heavy atom. The first-order chi connectivity index (χ1) is 8.15. The fourth-order valence-corrected chi connectivity index (χ4v) is 1.34. The maximum absolute atomic E-state index is 11.2. The Balaban J connectivity index is 2.87. The van der Waals surface area contributed by atoms with Crippen molar-refractivity contribution in [3.8, 4) is 11.8 Å². The van der Waals surface area contributed by atoms with E-state index in [2.05, 4.69) is 22.5 Å². The van der Waals surface area contributed by atoms with Crippen molar-refractivity contribution in [2.24, 2.45) is 0 Å². The van der Waals surface area contributed by atoms with Crippen molar-refractivity contribution >= 4 is 11.7 Å². The Labute approximate surface area is 101 Å². The molecule has 3 N–H and O–H groups in total. The molecule has 0 radical (unpaired) electrons. The van der Waals surface area contributed by atoms with Crippen LogP contribution in [0.15, 0.2) is 18.2 Å². The van der Waals surface area contributed by atoms with Gasteiger partial charge < -0.3 is 15.7 Å². The molecule has 0 atom stereocenters. The second-order valence-corrected chi connectivity index (χ2v) is 3.57. The molecular formula is C13H16N2O2. The summed E-state index contributed by atoms with van der Waals surface area (Å²) in [5.74, 6) is 5.78. The fourth-order valence-electron chi connectivity index (χ4n) is 1.34. The number of aliphatic hydroxyl groups excluding tert-OH is 1. The summed E-state index contributed by atoms with van der Waals surface area (Å²) in [4.78, 5) is 11.2. The Bertz CT molecular complexity index is 458. The number of anilines is 1. The number of aliphatic hydroxyl groups is 1. The van der Waals surface area contributed by atoms with Crippen molar-refractivity contribution in [1.29, 1.82) is 0 Å². The molecule has 4 nitrogen and oxygen atoms in total. The van der Waals surface area contributed by atoms with E-state index in [0.29, 0.717) is 12.1 Å². The highest BCUT2D eigenvalue weighted by molar-refractivity contribution is 5.89. The molecule has 1 aromatic carbocycles. The highest BCUT2D eigenvalue weighted by Gasteiger charge is 2.00. The van der Waals surface area contributed by atoms with Gasteiger partial charge in [0.05, 0.1) is 6.61 Å². The number of hydrogen-bond donors (Lipinski definition) is 3. The minimum absolute atomic E-state index is 0.0577. The van der Waals surface area contributed by atoms with E-state index in [1.54, 1.807) is 13.1 Å². The van der Waals surface area contributed by atoms with Gasteiger partial charge in [0.1, 0.15) is 0 Å². The second kappa shape index (κ2) is 6.56. The zero-order valence-electron chi connectivity index (χ0n) is 10.0. The van der Waals surface area contributed by atoms with Gasteiger partial charge >= 0.3 is 6.03 Å². The maximum atomic E-state index is 11.2. The van der Waals surface area contributed by atoms with Gasteiger partial charge in [0.2, 0.25) is 0 Å². The van der Waals surface area contributed by atoms with Gasteiger partial charge in [-0.2, -0.15) is 0 Å². The number of nitrogens with one attached hydrogen (secondary N) is 2. The first-order valence-corrected chi connectivity index (χ1v) is 5.36. The number of urea groups is 1. The Kier molecular flexibility index (Phi) is 5.05. The first kappa shape index (κ1) is 13.1. The van der Waals surface area contributed by atoms with Crippen LogP contribution in [0.2, 0.25) is 0 Å². The third kappa shape index (κ3) is 4.58. The van der Waals surface area contributed by atoms with Crippen LogP contribution in [-0.4, -0.2) is 24.8 Å². The van der Waals surface area contributed by atoms with E-state index >= 15 is 0 Å². The normalized spacial score (nSPS) is 9.12. The predicted molar refractivity (Wildman–Crippen MR) is 67.8 cm³/mol. The van der Waals surface area contributed by atoms with Crippen LogP contribution in [0.4, 0.5) is 10.5 Å². The van der Waals surface area contributed by atoms with Crippen LogP contribution in [0.3, 0.4) is 0 Å². The number of rotatable bonds is 2. The molecule has 0 saturated carbocycles. The summed E-state index contributed by atoms with van der Waals surface area (Å²) in [7, 11) is 1.56. The molecule has 0 aliphatic carbocycles. The van der Waals surface area contributed by atoms with E-state index in [9.17, 15) is 4.79 Å². The van der Waals surface area contributed by atoms with Crippen molar-refractivity contribution < 1.29 is 9.90 Å². The van der Waals surface area contributed by atoms with Crippen molar-refractivity contribution in [2.75, 3.05) is 19.0 Å². The van der Waals surface area contributed by atoms with E-state index in [-0.39, 0.29) is 12.6 Å². The number of carbonyl (C=O) groups is 1. The molecule has 0 spiro atoms. The van der Waals surface area contributed by atoms with E-state index < -0.39 is 0 Å². The third-order valence-electron chi connectivity index (χ3n) is 2.03. The van der Waals surface area contributed by atoms with Crippen LogP contribution >= 0.6 is 0 Å². The molecule has 17 heavy (non-hydrogen) atoms. The van der Waals surface area contributed by atoms with Crippen LogP contribution < -0.4 is 10.6 Å². The smallest absolute Gasteiger partial charge is 0.318 e. The van der Waals surface area contributed by atoms with Gasteiger partial charge in [-0.25, -0.2) is 4.79 Å². The maximum Gasteiger partial charge on any atom is 0.318 e. The van der Waals surface area contributed by atoms with Crippen molar-refractivity contribution in [2.45, 2.75) is 13.3 Å². The molecule has 0 unspecified atom stereocenters. The lowest BCUT2D eigenvalue weighted by atomic mass is 10.1. The molecule has 0 heterocycles. The monoisotopic (exact) mass is 232 g/mol. The lowest BCUT2D eigenvalue weighted by Crippen LogP contribution is -2.24. The zero-order valence-corrected chi connectivity index (χ0v) is 10.0. The molecule has 1 aromatic rings. The summed E-state index contributed by atoms with van der Waals surface area (Å²) in [5, 5.41) is 13.8. The SMILES string of the molecule is CNC(=O)Nc1cc(C)cc(C#CCCO)c1. The summed E-state index contributed by atoms with van der Waals surface area (Å²) < 4.78 is 0. The minimum Gasteiger partial charge on any atom is -0.395 e. The molecule has 1 rings (SSSR count).